The fourth-order valence-corrected chi connectivity index (χ4v) is 3.77. The number of nitrogens with zero attached hydrogens (tertiary/aromatic N) is 1. The molecule has 0 saturated carbocycles. The number of aryl methyl sites for hydroxylation is 1. The van der Waals surface area contributed by atoms with Gasteiger partial charge in [-0.1, -0.05) is 23.6 Å². The van der Waals surface area contributed by atoms with Crippen LogP contribution in [0.4, 0.5) is 5.69 Å². The second-order valence-corrected chi connectivity index (χ2v) is 7.53. The molecule has 1 amide bonds. The molecule has 0 aromatic heterocycles. The predicted molar refractivity (Wildman–Crippen MR) is 115 cm³/mol. The minimum absolute atomic E-state index is 0.0505. The molecular weight excluding hydrogens is 495 g/mol. The summed E-state index contributed by atoms with van der Waals surface area (Å²) >= 11 is 12.8. The van der Waals surface area contributed by atoms with Crippen molar-refractivity contribution in [3.05, 3.63) is 61.0 Å². The number of terminal acetylenes is 1. The first kappa shape index (κ1) is 21.1. The van der Waals surface area contributed by atoms with Crippen molar-refractivity contribution >= 4 is 61.1 Å². The molecule has 2 rings (SSSR count). The van der Waals surface area contributed by atoms with Gasteiger partial charge in [0.25, 0.3) is 5.91 Å². The van der Waals surface area contributed by atoms with Gasteiger partial charge in [0, 0.05) is 10.7 Å². The van der Waals surface area contributed by atoms with Crippen molar-refractivity contribution in [1.29, 1.82) is 5.26 Å². The van der Waals surface area contributed by atoms with Crippen LogP contribution in [0.1, 0.15) is 11.1 Å². The summed E-state index contributed by atoms with van der Waals surface area (Å²) in [7, 11) is 0. The average molecular weight is 509 g/mol. The molecule has 136 valence electrons. The fraction of sp³-hybridized carbons (Fsp3) is 0.100. The summed E-state index contributed by atoms with van der Waals surface area (Å²) in [5.74, 6) is 2.41. The zero-order valence-corrected chi connectivity index (χ0v) is 18.1. The van der Waals surface area contributed by atoms with Crippen LogP contribution in [-0.2, 0) is 4.79 Å². The van der Waals surface area contributed by atoms with Crippen molar-refractivity contribution in [2.75, 3.05) is 11.9 Å². The molecule has 0 aliphatic heterocycles. The van der Waals surface area contributed by atoms with Crippen molar-refractivity contribution < 1.29 is 9.53 Å². The Morgan fingerprint density at radius 3 is 2.59 bits per heavy atom. The lowest BCUT2D eigenvalue weighted by molar-refractivity contribution is -0.112. The number of hydrogen-bond acceptors (Lipinski definition) is 3. The third-order valence-corrected chi connectivity index (χ3v) is 4.86. The lowest BCUT2D eigenvalue weighted by Gasteiger charge is -2.10. The number of carbonyl (C=O) groups is 1. The van der Waals surface area contributed by atoms with Crippen LogP contribution in [0.15, 0.2) is 44.9 Å². The maximum atomic E-state index is 12.5. The molecule has 0 radical (unpaired) electrons. The summed E-state index contributed by atoms with van der Waals surface area (Å²) in [5, 5.41) is 12.6. The molecule has 7 heteroatoms. The summed E-state index contributed by atoms with van der Waals surface area (Å²) in [6, 6.07) is 10.5. The smallest absolute Gasteiger partial charge is 0.266 e. The number of nitriles is 1. The van der Waals surface area contributed by atoms with Gasteiger partial charge >= 0.3 is 0 Å². The SMILES string of the molecule is C#CCOc1c(Br)cc(/C=C(\C#N)C(=O)Nc2cc(Cl)ccc2C)cc1Br. The third kappa shape index (κ3) is 5.61. The van der Waals surface area contributed by atoms with E-state index in [2.05, 4.69) is 43.1 Å². The highest BCUT2D eigenvalue weighted by Gasteiger charge is 2.13. The first-order valence-electron chi connectivity index (χ1n) is 7.60. The van der Waals surface area contributed by atoms with E-state index < -0.39 is 5.91 Å². The quantitative estimate of drug-likeness (QED) is 0.319. The molecule has 27 heavy (non-hydrogen) atoms. The van der Waals surface area contributed by atoms with E-state index in [0.717, 1.165) is 5.56 Å². The lowest BCUT2D eigenvalue weighted by Crippen LogP contribution is -2.14. The molecule has 4 nitrogen and oxygen atoms in total. The second kappa shape index (κ2) is 9.62. The average Bonchev–Trinajstić information content (AvgIpc) is 2.62. The normalized spacial score (nSPS) is 10.7. The van der Waals surface area contributed by atoms with Crippen LogP contribution >= 0.6 is 43.5 Å². The van der Waals surface area contributed by atoms with Gasteiger partial charge in [0.1, 0.15) is 24.0 Å². The summed E-state index contributed by atoms with van der Waals surface area (Å²) in [6.45, 7) is 1.96. The monoisotopic (exact) mass is 506 g/mol. The Labute approximate surface area is 179 Å². The Morgan fingerprint density at radius 2 is 2.00 bits per heavy atom. The van der Waals surface area contributed by atoms with Gasteiger partial charge in [0.05, 0.1) is 8.95 Å². The third-order valence-electron chi connectivity index (χ3n) is 3.44. The van der Waals surface area contributed by atoms with E-state index in [9.17, 15) is 10.1 Å². The second-order valence-electron chi connectivity index (χ2n) is 5.39. The Kier molecular flexibility index (Phi) is 7.50. The van der Waals surface area contributed by atoms with Crippen molar-refractivity contribution in [2.45, 2.75) is 6.92 Å². The lowest BCUT2D eigenvalue weighted by atomic mass is 10.1. The summed E-state index contributed by atoms with van der Waals surface area (Å²) < 4.78 is 6.73. The number of anilines is 1. The Morgan fingerprint density at radius 1 is 1.33 bits per heavy atom. The first-order chi connectivity index (χ1) is 12.8. The number of benzene rings is 2. The summed E-state index contributed by atoms with van der Waals surface area (Å²) in [6.07, 6.45) is 6.68. The number of nitrogens with one attached hydrogen (secondary N) is 1. The van der Waals surface area contributed by atoms with Crippen LogP contribution < -0.4 is 10.1 Å². The molecule has 0 heterocycles. The Hall–Kier alpha value is -2.25. The first-order valence-corrected chi connectivity index (χ1v) is 9.56. The van der Waals surface area contributed by atoms with Crippen LogP contribution in [0.2, 0.25) is 5.02 Å². The summed E-state index contributed by atoms with van der Waals surface area (Å²) in [4.78, 5) is 12.5. The molecule has 0 fully saturated rings. The molecule has 0 bridgehead atoms. The van der Waals surface area contributed by atoms with Crippen molar-refractivity contribution in [2.24, 2.45) is 0 Å². The van der Waals surface area contributed by atoms with Crippen LogP contribution in [0, 0.1) is 30.6 Å². The fourth-order valence-electron chi connectivity index (χ4n) is 2.15. The topological polar surface area (TPSA) is 62.1 Å². The molecule has 0 aliphatic rings. The standard InChI is InChI=1S/C20H13Br2ClN2O2/c1-3-6-27-19-16(21)8-13(9-17(19)22)7-14(11-24)20(26)25-18-10-15(23)5-4-12(18)2/h1,4-5,7-10H,6H2,2H3,(H,25,26)/b14-7+. The number of carbonyl (C=O) groups excluding carboxylic acids is 1. The van der Waals surface area contributed by atoms with Crippen LogP contribution in [0.25, 0.3) is 6.08 Å². The Balaban J connectivity index is 2.30. The molecule has 2 aromatic rings. The van der Waals surface area contributed by atoms with E-state index in [1.165, 1.54) is 6.08 Å². The number of hydrogen-bond donors (Lipinski definition) is 1. The van der Waals surface area contributed by atoms with Crippen molar-refractivity contribution in [3.63, 3.8) is 0 Å². The number of amides is 1. The van der Waals surface area contributed by atoms with Gasteiger partial charge in [-0.15, -0.1) is 6.42 Å². The maximum Gasteiger partial charge on any atom is 0.266 e. The predicted octanol–water partition coefficient (Wildman–Crippen LogP) is 5.73. The van der Waals surface area contributed by atoms with E-state index in [1.54, 1.807) is 30.3 Å². The van der Waals surface area contributed by atoms with Crippen molar-refractivity contribution in [1.82, 2.24) is 0 Å². The number of rotatable bonds is 5. The van der Waals surface area contributed by atoms with E-state index >= 15 is 0 Å². The molecule has 2 aromatic carbocycles. The van der Waals surface area contributed by atoms with Gasteiger partial charge in [0.2, 0.25) is 0 Å². The zero-order chi connectivity index (χ0) is 20.0. The van der Waals surface area contributed by atoms with E-state index in [-0.39, 0.29) is 12.2 Å². The molecule has 0 saturated heterocycles. The molecule has 0 aliphatic carbocycles. The van der Waals surface area contributed by atoms with Crippen LogP contribution in [0.3, 0.4) is 0 Å². The van der Waals surface area contributed by atoms with Gasteiger partial charge in [-0.05, 0) is 80.3 Å². The molecular formula is C20H13Br2ClN2O2. The minimum atomic E-state index is -0.525. The van der Waals surface area contributed by atoms with Crippen LogP contribution in [-0.4, -0.2) is 12.5 Å². The molecule has 0 spiro atoms. The molecule has 0 unspecified atom stereocenters. The van der Waals surface area contributed by atoms with Crippen LogP contribution in [0.5, 0.6) is 5.75 Å². The van der Waals surface area contributed by atoms with Gasteiger partial charge in [-0.3, -0.25) is 4.79 Å². The number of ether oxygens (including phenoxy) is 1. The number of halogens is 3. The highest BCUT2D eigenvalue weighted by Crippen LogP contribution is 2.35. The minimum Gasteiger partial charge on any atom is -0.479 e. The van der Waals surface area contributed by atoms with Gasteiger partial charge in [-0.25, -0.2) is 0 Å². The van der Waals surface area contributed by atoms with Gasteiger partial charge < -0.3 is 10.1 Å². The van der Waals surface area contributed by atoms with E-state index in [0.29, 0.717) is 31.0 Å². The highest BCUT2D eigenvalue weighted by molar-refractivity contribution is 9.11. The molecule has 1 N–H and O–H groups in total. The van der Waals surface area contributed by atoms with Gasteiger partial charge in [-0.2, -0.15) is 5.26 Å². The summed E-state index contributed by atoms with van der Waals surface area (Å²) in [5.41, 5.74) is 1.97. The largest absolute Gasteiger partial charge is 0.479 e. The van der Waals surface area contributed by atoms with E-state index in [4.69, 9.17) is 22.8 Å². The van der Waals surface area contributed by atoms with Crippen molar-refractivity contribution in [3.8, 4) is 24.2 Å². The van der Waals surface area contributed by atoms with E-state index in [1.807, 2.05) is 13.0 Å². The Bertz CT molecular complexity index is 981. The molecule has 0 atom stereocenters. The maximum absolute atomic E-state index is 12.5. The van der Waals surface area contributed by atoms with Gasteiger partial charge in [0.15, 0.2) is 0 Å². The highest BCUT2D eigenvalue weighted by atomic mass is 79.9. The zero-order valence-electron chi connectivity index (χ0n) is 14.1.